The van der Waals surface area contributed by atoms with Gasteiger partial charge in [0.25, 0.3) is 6.10 Å². The highest BCUT2D eigenvalue weighted by Gasteiger charge is 2.60. The molecule has 174 valence electrons. The molecule has 9 nitrogen and oxygen atoms in total. The lowest BCUT2D eigenvalue weighted by molar-refractivity contribution is -0.303. The predicted octanol–water partition coefficient (Wildman–Crippen LogP) is 0.769. The first kappa shape index (κ1) is 23.6. The third-order valence-corrected chi connectivity index (χ3v) is 4.81. The average molecular weight is 479 g/mol. The Hall–Kier alpha value is -2.09. The molecule has 4 rings (SSSR count). The highest BCUT2D eigenvalue weighted by molar-refractivity contribution is 7.46. The molecular weight excluding hydrogens is 463 g/mol. The molecule has 3 saturated heterocycles. The van der Waals surface area contributed by atoms with E-state index in [0.29, 0.717) is 17.1 Å². The molecule has 3 aliphatic heterocycles. The summed E-state index contributed by atoms with van der Waals surface area (Å²) in [4.78, 5) is 46.1. The maximum atomic E-state index is 12.4. The molecule has 0 bridgehead atoms. The Morgan fingerprint density at radius 3 is 1.58 bits per heavy atom. The Labute approximate surface area is 170 Å². The summed E-state index contributed by atoms with van der Waals surface area (Å²) >= 11 is 0. The van der Waals surface area contributed by atoms with Crippen LogP contribution < -0.4 is 0 Å². The molecule has 0 amide bonds. The molecule has 0 radical (unpaired) electrons. The zero-order valence-electron chi connectivity index (χ0n) is 15.5. The van der Waals surface area contributed by atoms with Gasteiger partial charge in [0.1, 0.15) is 11.4 Å². The molecule has 0 unspecified atom stereocenters. The lowest BCUT2D eigenvalue weighted by atomic mass is 10.0. The minimum absolute atomic E-state index is 0.00546. The van der Waals surface area contributed by atoms with Crippen molar-refractivity contribution in [1.29, 1.82) is 0 Å². The van der Waals surface area contributed by atoms with Crippen molar-refractivity contribution in [2.75, 3.05) is 39.3 Å². The van der Waals surface area contributed by atoms with E-state index in [4.69, 9.17) is 9.79 Å². The summed E-state index contributed by atoms with van der Waals surface area (Å²) in [6.07, 6.45) is -14.8. The molecule has 0 aromatic heterocycles. The number of phosphoric ester groups is 1. The zero-order chi connectivity index (χ0) is 23.4. The van der Waals surface area contributed by atoms with Gasteiger partial charge in [0.15, 0.2) is 0 Å². The molecule has 3 fully saturated rings. The Morgan fingerprint density at radius 2 is 1.26 bits per heavy atom. The molecule has 0 atom stereocenters. The summed E-state index contributed by atoms with van der Waals surface area (Å²) in [6.45, 7) is 5.41. The maximum absolute atomic E-state index is 12.4. The number of halogens is 6. The van der Waals surface area contributed by atoms with Crippen molar-refractivity contribution < 1.29 is 54.8 Å². The molecule has 3 heterocycles. The summed E-state index contributed by atoms with van der Waals surface area (Å²) in [5.41, 5.74) is 1.89. The van der Waals surface area contributed by atoms with Gasteiger partial charge in [-0.2, -0.15) is 26.3 Å². The van der Waals surface area contributed by atoms with Crippen LogP contribution in [0.1, 0.15) is 0 Å². The number of carbonyl (C=O) groups excluding carboxylic acids is 2. The second-order valence-electron chi connectivity index (χ2n) is 6.94. The van der Waals surface area contributed by atoms with Crippen molar-refractivity contribution in [2.24, 2.45) is 0 Å². The van der Waals surface area contributed by atoms with Crippen molar-refractivity contribution in [3.63, 3.8) is 0 Å². The number of alkyl halides is 6. The van der Waals surface area contributed by atoms with Crippen molar-refractivity contribution in [3.8, 4) is 0 Å². The number of nitrogens with zero attached hydrogens (tertiary/aromatic N) is 3. The van der Waals surface area contributed by atoms with Crippen molar-refractivity contribution >= 4 is 19.4 Å². The van der Waals surface area contributed by atoms with E-state index in [9.17, 15) is 40.5 Å². The van der Waals surface area contributed by atoms with Crippen molar-refractivity contribution in [2.45, 2.75) is 18.5 Å². The van der Waals surface area contributed by atoms with E-state index in [0.717, 1.165) is 39.3 Å². The average Bonchev–Trinajstić information content (AvgIpc) is 3.43. The number of rotatable bonds is 5. The van der Waals surface area contributed by atoms with Gasteiger partial charge in [-0.05, 0) is 0 Å². The van der Waals surface area contributed by atoms with Gasteiger partial charge in [0.05, 0.1) is 5.70 Å². The largest absolute Gasteiger partial charge is 0.470 e. The molecule has 0 saturated carbocycles. The van der Waals surface area contributed by atoms with E-state index in [2.05, 4.69) is 4.52 Å². The third-order valence-electron chi connectivity index (χ3n) is 4.33. The normalized spacial score (nSPS) is 21.3. The number of phosphoric acid groups is 1. The van der Waals surface area contributed by atoms with Gasteiger partial charge in [-0.25, -0.2) is 4.57 Å². The van der Waals surface area contributed by atoms with Crippen LogP contribution in [0.3, 0.4) is 0 Å². The molecule has 0 aromatic carbocycles. The smallest absolute Gasteiger partial charge is 0.365 e. The summed E-state index contributed by atoms with van der Waals surface area (Å²) in [7, 11) is -5.85. The number of hydrogen-bond acceptors (Lipinski definition) is 7. The van der Waals surface area contributed by atoms with E-state index in [1.807, 2.05) is 14.7 Å². The maximum Gasteiger partial charge on any atom is 0.470 e. The Bertz CT molecular complexity index is 869. The van der Waals surface area contributed by atoms with Gasteiger partial charge in [-0.15, -0.1) is 0 Å². The second kappa shape index (κ2) is 7.80. The highest BCUT2D eigenvalue weighted by atomic mass is 31.2. The molecule has 1 aliphatic carbocycles. The number of allylic oxidation sites excluding steroid dienone is 1. The van der Waals surface area contributed by atoms with E-state index < -0.39 is 26.3 Å². The van der Waals surface area contributed by atoms with Gasteiger partial charge >= 0.3 is 20.2 Å². The number of carbonyl (C=O) groups is 2. The monoisotopic (exact) mass is 479 g/mol. The van der Waals surface area contributed by atoms with Crippen LogP contribution in [0.25, 0.3) is 0 Å². The van der Waals surface area contributed by atoms with Crippen LogP contribution in [0.15, 0.2) is 23.2 Å². The molecule has 0 spiro atoms. The van der Waals surface area contributed by atoms with Crippen LogP contribution in [0.4, 0.5) is 26.3 Å². The van der Waals surface area contributed by atoms with E-state index >= 15 is 0 Å². The van der Waals surface area contributed by atoms with E-state index in [1.54, 1.807) is 0 Å². The lowest BCUT2D eigenvalue weighted by Gasteiger charge is -2.22. The summed E-state index contributed by atoms with van der Waals surface area (Å²) in [5, 5.41) is 0. The Morgan fingerprint density at radius 1 is 0.839 bits per heavy atom. The molecule has 0 aromatic rings. The van der Waals surface area contributed by atoms with E-state index in [-0.39, 0.29) is 11.6 Å². The third kappa shape index (κ3) is 5.99. The van der Waals surface area contributed by atoms with Crippen LogP contribution in [-0.4, -0.2) is 93.8 Å². The van der Waals surface area contributed by atoms with Crippen LogP contribution >= 0.6 is 7.82 Å². The zero-order valence-corrected chi connectivity index (χ0v) is 16.4. The Kier molecular flexibility index (Phi) is 5.93. The molecule has 31 heavy (non-hydrogen) atoms. The van der Waals surface area contributed by atoms with Gasteiger partial charge in [0.2, 0.25) is 11.6 Å². The standard InChI is InChI=1S/C12H13N3O2.C3H3F6O4P/c16-9-7-8(13-1-2-13)12(17)11(15-5-6-15)10(9)14-3-4-14;4-2(5,6)1(3(7,8)9)13-14(10,11)12/h7H,1-6H2;1H,(H2,10,11,12). The molecular formula is C15H16F6N3O6P. The summed E-state index contributed by atoms with van der Waals surface area (Å²) in [5.74, 6) is 0.0485. The first-order chi connectivity index (χ1) is 14.1. The molecule has 16 heteroatoms. The fraction of sp³-hybridized carbons (Fsp3) is 0.600. The minimum atomic E-state index is -5.93. The molecule has 2 N–H and O–H groups in total. The Balaban J connectivity index is 0.000000181. The van der Waals surface area contributed by atoms with Crippen LogP contribution in [0.2, 0.25) is 0 Å². The number of hydrogen-bond donors (Lipinski definition) is 2. The van der Waals surface area contributed by atoms with Gasteiger partial charge in [0, 0.05) is 45.3 Å². The summed E-state index contributed by atoms with van der Waals surface area (Å²) < 4.78 is 81.7. The van der Waals surface area contributed by atoms with Gasteiger partial charge in [-0.1, -0.05) is 0 Å². The van der Waals surface area contributed by atoms with Crippen LogP contribution in [0, 0.1) is 0 Å². The lowest BCUT2D eigenvalue weighted by Crippen LogP contribution is -2.43. The quantitative estimate of drug-likeness (QED) is 0.256. The minimum Gasteiger partial charge on any atom is -0.365 e. The van der Waals surface area contributed by atoms with Gasteiger partial charge in [-0.3, -0.25) is 14.1 Å². The second-order valence-corrected chi connectivity index (χ2v) is 8.13. The highest BCUT2D eigenvalue weighted by Crippen LogP contribution is 2.46. The topological polar surface area (TPSA) is 110 Å². The van der Waals surface area contributed by atoms with Crippen LogP contribution in [-0.2, 0) is 18.7 Å². The van der Waals surface area contributed by atoms with E-state index in [1.165, 1.54) is 6.08 Å². The first-order valence-electron chi connectivity index (χ1n) is 8.77. The first-order valence-corrected chi connectivity index (χ1v) is 10.3. The molecule has 4 aliphatic rings. The number of Topliss-reactive ketones (excluding diaryl/α,β-unsaturated/α-hetero) is 1. The fourth-order valence-corrected chi connectivity index (χ4v) is 3.23. The van der Waals surface area contributed by atoms with Crippen LogP contribution in [0.5, 0.6) is 0 Å². The number of ketones is 2. The predicted molar refractivity (Wildman–Crippen MR) is 88.9 cm³/mol. The van der Waals surface area contributed by atoms with Crippen molar-refractivity contribution in [3.05, 3.63) is 23.2 Å². The SMILES string of the molecule is O=C1C=C(N2CC2)C(=O)C(N2CC2)=C1N1CC1.O=P(O)(O)OC(C(F)(F)F)C(F)(F)F. The van der Waals surface area contributed by atoms with Gasteiger partial charge < -0.3 is 24.5 Å². The fourth-order valence-electron chi connectivity index (χ4n) is 2.72. The summed E-state index contributed by atoms with van der Waals surface area (Å²) in [6, 6.07) is 0. The van der Waals surface area contributed by atoms with Crippen molar-refractivity contribution in [1.82, 2.24) is 14.7 Å².